The maximum absolute atomic E-state index is 9.32. The van der Waals surface area contributed by atoms with Crippen LogP contribution >= 0.6 is 0 Å². The standard InChI is InChI=1S/C15H32N2O2/c1-15(13-18,16-2)8-4-5-9-17(3)11-14-7-6-10-19-12-14/h14,16,18H,4-13H2,1-3H3. The van der Waals surface area contributed by atoms with Crippen molar-refractivity contribution in [2.24, 2.45) is 5.92 Å². The molecule has 1 heterocycles. The van der Waals surface area contributed by atoms with E-state index in [1.165, 1.54) is 19.3 Å². The highest BCUT2D eigenvalue weighted by molar-refractivity contribution is 4.80. The average Bonchev–Trinajstić information content (AvgIpc) is 2.44. The number of unbranched alkanes of at least 4 members (excludes halogenated alkanes) is 1. The third kappa shape index (κ3) is 6.70. The van der Waals surface area contributed by atoms with Gasteiger partial charge < -0.3 is 20.1 Å². The highest BCUT2D eigenvalue weighted by Crippen LogP contribution is 2.16. The Bertz CT molecular complexity index is 226. The second kappa shape index (κ2) is 8.90. The fourth-order valence-electron chi connectivity index (χ4n) is 2.66. The molecule has 2 N–H and O–H groups in total. The van der Waals surface area contributed by atoms with Gasteiger partial charge >= 0.3 is 0 Å². The minimum atomic E-state index is -0.115. The van der Waals surface area contributed by atoms with Crippen molar-refractivity contribution in [3.63, 3.8) is 0 Å². The van der Waals surface area contributed by atoms with Crippen molar-refractivity contribution in [2.75, 3.05) is 47.0 Å². The lowest BCUT2D eigenvalue weighted by Crippen LogP contribution is -2.43. The van der Waals surface area contributed by atoms with Gasteiger partial charge in [-0.05, 0) is 59.2 Å². The molecule has 0 saturated carbocycles. The fraction of sp³-hybridized carbons (Fsp3) is 1.00. The number of rotatable bonds is 9. The molecule has 4 nitrogen and oxygen atoms in total. The zero-order valence-corrected chi connectivity index (χ0v) is 13.0. The molecule has 1 aliphatic rings. The average molecular weight is 272 g/mol. The van der Waals surface area contributed by atoms with Crippen molar-refractivity contribution in [3.05, 3.63) is 0 Å². The maximum Gasteiger partial charge on any atom is 0.0610 e. The van der Waals surface area contributed by atoms with Gasteiger partial charge in [0.2, 0.25) is 0 Å². The summed E-state index contributed by atoms with van der Waals surface area (Å²) >= 11 is 0. The van der Waals surface area contributed by atoms with Crippen LogP contribution in [-0.2, 0) is 4.74 Å². The Hall–Kier alpha value is -0.160. The van der Waals surface area contributed by atoms with Crippen molar-refractivity contribution < 1.29 is 9.84 Å². The van der Waals surface area contributed by atoms with Crippen LogP contribution in [0.25, 0.3) is 0 Å². The normalized spacial score (nSPS) is 23.5. The molecule has 0 amide bonds. The molecule has 0 aromatic rings. The van der Waals surface area contributed by atoms with E-state index < -0.39 is 0 Å². The van der Waals surface area contributed by atoms with Crippen LogP contribution < -0.4 is 5.32 Å². The number of aliphatic hydroxyl groups is 1. The first kappa shape index (κ1) is 16.9. The predicted molar refractivity (Wildman–Crippen MR) is 79.4 cm³/mol. The highest BCUT2D eigenvalue weighted by atomic mass is 16.5. The molecule has 2 atom stereocenters. The molecule has 0 aliphatic carbocycles. The molecular formula is C15H32N2O2. The first-order valence-electron chi connectivity index (χ1n) is 7.66. The van der Waals surface area contributed by atoms with Crippen molar-refractivity contribution >= 4 is 0 Å². The van der Waals surface area contributed by atoms with Gasteiger partial charge in [-0.1, -0.05) is 6.42 Å². The van der Waals surface area contributed by atoms with Crippen LogP contribution in [-0.4, -0.2) is 62.6 Å². The third-order valence-electron chi connectivity index (χ3n) is 4.30. The van der Waals surface area contributed by atoms with Gasteiger partial charge in [0.15, 0.2) is 0 Å². The van der Waals surface area contributed by atoms with E-state index in [-0.39, 0.29) is 12.1 Å². The summed E-state index contributed by atoms with van der Waals surface area (Å²) in [6.45, 7) is 6.47. The smallest absolute Gasteiger partial charge is 0.0610 e. The van der Waals surface area contributed by atoms with E-state index >= 15 is 0 Å². The molecule has 0 bridgehead atoms. The third-order valence-corrected chi connectivity index (χ3v) is 4.30. The van der Waals surface area contributed by atoms with Gasteiger partial charge in [0.25, 0.3) is 0 Å². The van der Waals surface area contributed by atoms with Crippen LogP contribution in [0, 0.1) is 5.92 Å². The van der Waals surface area contributed by atoms with Crippen molar-refractivity contribution in [3.8, 4) is 0 Å². The number of hydrogen-bond acceptors (Lipinski definition) is 4. The van der Waals surface area contributed by atoms with Crippen molar-refractivity contribution in [2.45, 2.75) is 44.6 Å². The van der Waals surface area contributed by atoms with Crippen LogP contribution in [0.5, 0.6) is 0 Å². The second-order valence-electron chi connectivity index (χ2n) is 6.27. The molecule has 1 fully saturated rings. The minimum absolute atomic E-state index is 0.115. The zero-order chi connectivity index (χ0) is 14.1. The molecule has 1 saturated heterocycles. The largest absolute Gasteiger partial charge is 0.394 e. The van der Waals surface area contributed by atoms with Gasteiger partial charge in [-0.2, -0.15) is 0 Å². The molecule has 1 rings (SSSR count). The SMILES string of the molecule is CNC(C)(CO)CCCCN(C)CC1CCCOC1. The summed E-state index contributed by atoms with van der Waals surface area (Å²) in [5.41, 5.74) is -0.115. The number of ether oxygens (including phenoxy) is 1. The summed E-state index contributed by atoms with van der Waals surface area (Å²) < 4.78 is 5.52. The number of nitrogens with one attached hydrogen (secondary N) is 1. The van der Waals surface area contributed by atoms with Gasteiger partial charge in [-0.25, -0.2) is 0 Å². The monoisotopic (exact) mass is 272 g/mol. The lowest BCUT2D eigenvalue weighted by atomic mass is 9.96. The Morgan fingerprint density at radius 1 is 1.42 bits per heavy atom. The Kier molecular flexibility index (Phi) is 7.91. The first-order chi connectivity index (χ1) is 9.09. The number of nitrogens with zero attached hydrogens (tertiary/aromatic N) is 1. The van der Waals surface area contributed by atoms with Gasteiger partial charge in [0.1, 0.15) is 0 Å². The van der Waals surface area contributed by atoms with E-state index in [4.69, 9.17) is 4.74 Å². The summed E-state index contributed by atoms with van der Waals surface area (Å²) in [5, 5.41) is 12.5. The summed E-state index contributed by atoms with van der Waals surface area (Å²) in [7, 11) is 4.13. The Balaban J connectivity index is 2.08. The van der Waals surface area contributed by atoms with E-state index in [0.717, 1.165) is 45.1 Å². The Labute approximate surface area is 118 Å². The van der Waals surface area contributed by atoms with Crippen LogP contribution in [0.15, 0.2) is 0 Å². The van der Waals surface area contributed by atoms with E-state index in [2.05, 4.69) is 24.2 Å². The van der Waals surface area contributed by atoms with Gasteiger partial charge in [0.05, 0.1) is 13.2 Å². The van der Waals surface area contributed by atoms with Crippen LogP contribution in [0.3, 0.4) is 0 Å². The molecule has 0 aromatic carbocycles. The van der Waals surface area contributed by atoms with E-state index in [0.29, 0.717) is 0 Å². The van der Waals surface area contributed by atoms with Crippen molar-refractivity contribution in [1.82, 2.24) is 10.2 Å². The Morgan fingerprint density at radius 2 is 2.21 bits per heavy atom. The van der Waals surface area contributed by atoms with Gasteiger partial charge in [0, 0.05) is 18.7 Å². The van der Waals surface area contributed by atoms with Crippen LogP contribution in [0.1, 0.15) is 39.0 Å². The summed E-state index contributed by atoms with van der Waals surface area (Å²) in [4.78, 5) is 2.43. The molecule has 2 unspecified atom stereocenters. The second-order valence-corrected chi connectivity index (χ2v) is 6.27. The van der Waals surface area contributed by atoms with Crippen molar-refractivity contribution in [1.29, 1.82) is 0 Å². The predicted octanol–water partition coefficient (Wildman–Crippen LogP) is 1.49. The molecule has 0 aromatic heterocycles. The zero-order valence-electron chi connectivity index (χ0n) is 13.0. The van der Waals surface area contributed by atoms with Gasteiger partial charge in [-0.15, -0.1) is 0 Å². The van der Waals surface area contributed by atoms with Crippen LogP contribution in [0.2, 0.25) is 0 Å². The van der Waals surface area contributed by atoms with E-state index in [9.17, 15) is 5.11 Å². The van der Waals surface area contributed by atoms with E-state index in [1.54, 1.807) is 0 Å². The molecule has 19 heavy (non-hydrogen) atoms. The summed E-state index contributed by atoms with van der Waals surface area (Å²) in [6.07, 6.45) is 5.91. The first-order valence-corrected chi connectivity index (χ1v) is 7.66. The quantitative estimate of drug-likeness (QED) is 0.624. The molecule has 1 aliphatic heterocycles. The van der Waals surface area contributed by atoms with Gasteiger partial charge in [-0.3, -0.25) is 0 Å². The van der Waals surface area contributed by atoms with Crippen LogP contribution in [0.4, 0.5) is 0 Å². The Morgan fingerprint density at radius 3 is 2.79 bits per heavy atom. The summed E-state index contributed by atoms with van der Waals surface area (Å²) in [5.74, 6) is 0.721. The molecule has 4 heteroatoms. The number of aliphatic hydroxyl groups excluding tert-OH is 1. The topological polar surface area (TPSA) is 44.7 Å². The maximum atomic E-state index is 9.32. The lowest BCUT2D eigenvalue weighted by Gasteiger charge is -2.28. The number of hydrogen-bond donors (Lipinski definition) is 2. The summed E-state index contributed by atoms with van der Waals surface area (Å²) in [6, 6.07) is 0. The number of likely N-dealkylation sites (N-methyl/N-ethyl adjacent to an activating group) is 1. The fourth-order valence-corrected chi connectivity index (χ4v) is 2.66. The van der Waals surface area contributed by atoms with E-state index in [1.807, 2.05) is 7.05 Å². The molecular weight excluding hydrogens is 240 g/mol. The lowest BCUT2D eigenvalue weighted by molar-refractivity contribution is 0.0418. The molecule has 114 valence electrons. The highest BCUT2D eigenvalue weighted by Gasteiger charge is 2.20. The minimum Gasteiger partial charge on any atom is -0.394 e. The molecule has 0 radical (unpaired) electrons. The molecule has 0 spiro atoms.